The number of amides is 2. The van der Waals surface area contributed by atoms with Gasteiger partial charge in [0.1, 0.15) is 6.04 Å². The number of hydrogen-bond donors (Lipinski definition) is 3. The summed E-state index contributed by atoms with van der Waals surface area (Å²) in [6.45, 7) is 6.63. The first kappa shape index (κ1) is 28.6. The minimum absolute atomic E-state index is 0.00562. The topological polar surface area (TPSA) is 77.2 Å². The Bertz CT molecular complexity index is 1420. The van der Waals surface area contributed by atoms with Crippen molar-refractivity contribution in [2.45, 2.75) is 70.5 Å². The predicted molar refractivity (Wildman–Crippen MR) is 166 cm³/mol. The minimum atomic E-state index is -0.596. The molecule has 0 aliphatic carbocycles. The number of carbonyl (C=O) groups excluding carboxylic acids is 2. The lowest BCUT2D eigenvalue weighted by Crippen LogP contribution is -2.53. The van der Waals surface area contributed by atoms with Crippen LogP contribution in [0, 0.1) is 0 Å². The van der Waals surface area contributed by atoms with E-state index in [2.05, 4.69) is 59.8 Å². The van der Waals surface area contributed by atoms with E-state index in [1.165, 1.54) is 11.1 Å². The summed E-state index contributed by atoms with van der Waals surface area (Å²) in [5.41, 5.74) is 5.84. The van der Waals surface area contributed by atoms with Gasteiger partial charge in [0, 0.05) is 55.6 Å². The zero-order valence-corrected chi connectivity index (χ0v) is 24.2. The smallest absolute Gasteiger partial charge is 0.245 e. The maximum Gasteiger partial charge on any atom is 0.245 e. The molecule has 4 aromatic rings. The van der Waals surface area contributed by atoms with Crippen molar-refractivity contribution in [2.75, 3.05) is 13.1 Å². The molecule has 3 N–H and O–H groups in total. The zero-order valence-electron chi connectivity index (χ0n) is 24.2. The van der Waals surface area contributed by atoms with E-state index in [0.29, 0.717) is 44.3 Å². The van der Waals surface area contributed by atoms with Gasteiger partial charge in [-0.05, 0) is 53.5 Å². The third-order valence-corrected chi connectivity index (χ3v) is 8.26. The predicted octanol–water partition coefficient (Wildman–Crippen LogP) is 5.73. The molecular weight excluding hydrogens is 508 g/mol. The second-order valence-electron chi connectivity index (χ2n) is 11.5. The number of carbonyl (C=O) groups is 2. The molecule has 6 nitrogen and oxygen atoms in total. The molecule has 1 unspecified atom stereocenters. The van der Waals surface area contributed by atoms with E-state index in [-0.39, 0.29) is 11.8 Å². The van der Waals surface area contributed by atoms with Crippen molar-refractivity contribution in [3.63, 3.8) is 0 Å². The van der Waals surface area contributed by atoms with Crippen molar-refractivity contribution < 1.29 is 9.59 Å². The Balaban J connectivity index is 1.19. The van der Waals surface area contributed by atoms with Crippen molar-refractivity contribution in [1.82, 2.24) is 20.5 Å². The lowest BCUT2D eigenvalue weighted by atomic mass is 9.99. The molecule has 3 aromatic carbocycles. The summed E-state index contributed by atoms with van der Waals surface area (Å²) in [6, 6.07) is 26.7. The van der Waals surface area contributed by atoms with Gasteiger partial charge in [0.15, 0.2) is 0 Å². The Morgan fingerprint density at radius 3 is 2.34 bits per heavy atom. The summed E-state index contributed by atoms with van der Waals surface area (Å²) in [5, 5.41) is 7.87. The maximum atomic E-state index is 13.8. The first-order valence-electron chi connectivity index (χ1n) is 15.0. The van der Waals surface area contributed by atoms with Crippen LogP contribution in [-0.4, -0.2) is 46.9 Å². The number of nitrogens with zero attached hydrogens (tertiary/aromatic N) is 1. The van der Waals surface area contributed by atoms with E-state index in [4.69, 9.17) is 0 Å². The highest BCUT2D eigenvalue weighted by Gasteiger charge is 2.30. The van der Waals surface area contributed by atoms with E-state index in [9.17, 15) is 9.59 Å². The number of H-pyrrole nitrogens is 1. The quantitative estimate of drug-likeness (QED) is 0.223. The van der Waals surface area contributed by atoms with Crippen molar-refractivity contribution in [2.24, 2.45) is 0 Å². The summed E-state index contributed by atoms with van der Waals surface area (Å²) in [4.78, 5) is 32.1. The number of para-hydroxylation sites is 1. The molecule has 0 saturated carbocycles. The molecule has 1 aliphatic heterocycles. The van der Waals surface area contributed by atoms with Crippen LogP contribution in [0.1, 0.15) is 61.3 Å². The Hall–Kier alpha value is -3.90. The number of fused-ring (bicyclic) bond motifs is 1. The summed E-state index contributed by atoms with van der Waals surface area (Å²) < 4.78 is 0. The summed E-state index contributed by atoms with van der Waals surface area (Å²) in [7, 11) is 0. The fraction of sp³-hybridized carbons (Fsp3) is 0.371. The second-order valence-corrected chi connectivity index (χ2v) is 11.5. The molecule has 0 bridgehead atoms. The molecule has 2 amide bonds. The van der Waals surface area contributed by atoms with Crippen molar-refractivity contribution in [1.29, 1.82) is 0 Å². The first-order valence-corrected chi connectivity index (χ1v) is 15.0. The van der Waals surface area contributed by atoms with Crippen molar-refractivity contribution >= 4 is 22.7 Å². The van der Waals surface area contributed by atoms with Crippen LogP contribution in [0.15, 0.2) is 85.1 Å². The molecule has 0 radical (unpaired) electrons. The Morgan fingerprint density at radius 1 is 0.902 bits per heavy atom. The van der Waals surface area contributed by atoms with Crippen LogP contribution in [0.2, 0.25) is 0 Å². The SMILES string of the molecule is CC(C)c1ccc(CNC2CCN(C(=O)C(Cc3c[nH]c4ccccc34)NC(=O)CCc3ccccc3)CC2)cc1. The molecule has 2 heterocycles. The molecule has 214 valence electrons. The van der Waals surface area contributed by atoms with Gasteiger partial charge in [-0.2, -0.15) is 0 Å². The van der Waals surface area contributed by atoms with Crippen molar-refractivity contribution in [3.05, 3.63) is 107 Å². The van der Waals surface area contributed by atoms with Crippen LogP contribution in [0.4, 0.5) is 0 Å². The highest BCUT2D eigenvalue weighted by Crippen LogP contribution is 2.21. The molecule has 5 rings (SSSR count). The van der Waals surface area contributed by atoms with Gasteiger partial charge in [0.2, 0.25) is 11.8 Å². The number of benzene rings is 3. The summed E-state index contributed by atoms with van der Waals surface area (Å²) in [6.07, 6.45) is 5.23. The normalized spacial score (nSPS) is 14.9. The van der Waals surface area contributed by atoms with E-state index in [1.54, 1.807) is 0 Å². The van der Waals surface area contributed by atoms with E-state index in [0.717, 1.165) is 41.4 Å². The Kier molecular flexibility index (Phi) is 9.52. The molecule has 6 heteroatoms. The lowest BCUT2D eigenvalue weighted by Gasteiger charge is -2.35. The number of aromatic nitrogens is 1. The zero-order chi connectivity index (χ0) is 28.6. The number of aryl methyl sites for hydroxylation is 1. The van der Waals surface area contributed by atoms with Crippen LogP contribution in [0.3, 0.4) is 0 Å². The fourth-order valence-electron chi connectivity index (χ4n) is 5.70. The third kappa shape index (κ3) is 7.65. The van der Waals surface area contributed by atoms with Gasteiger partial charge in [-0.3, -0.25) is 9.59 Å². The van der Waals surface area contributed by atoms with Gasteiger partial charge < -0.3 is 20.5 Å². The third-order valence-electron chi connectivity index (χ3n) is 8.26. The second kappa shape index (κ2) is 13.6. The van der Waals surface area contributed by atoms with E-state index < -0.39 is 6.04 Å². The molecule has 41 heavy (non-hydrogen) atoms. The molecule has 1 aliphatic rings. The highest BCUT2D eigenvalue weighted by molar-refractivity contribution is 5.89. The number of hydrogen-bond acceptors (Lipinski definition) is 3. The maximum absolute atomic E-state index is 13.8. The Morgan fingerprint density at radius 2 is 1.61 bits per heavy atom. The van der Waals surface area contributed by atoms with Gasteiger partial charge >= 0.3 is 0 Å². The van der Waals surface area contributed by atoms with Crippen molar-refractivity contribution in [3.8, 4) is 0 Å². The Labute approximate surface area is 243 Å². The molecule has 1 fully saturated rings. The average Bonchev–Trinajstić information content (AvgIpc) is 3.42. The van der Waals surface area contributed by atoms with Gasteiger partial charge in [0.25, 0.3) is 0 Å². The number of rotatable bonds is 11. The first-order chi connectivity index (χ1) is 20.0. The molecule has 1 aromatic heterocycles. The number of nitrogens with one attached hydrogen (secondary N) is 3. The van der Waals surface area contributed by atoms with Gasteiger partial charge in [-0.15, -0.1) is 0 Å². The largest absolute Gasteiger partial charge is 0.361 e. The molecule has 1 saturated heterocycles. The number of likely N-dealkylation sites (tertiary alicyclic amines) is 1. The number of piperidine rings is 1. The molecule has 1 atom stereocenters. The van der Waals surface area contributed by atoms with Gasteiger partial charge in [-0.25, -0.2) is 0 Å². The monoisotopic (exact) mass is 550 g/mol. The molecular formula is C35H42N4O2. The van der Waals surface area contributed by atoms with Crippen LogP contribution >= 0.6 is 0 Å². The van der Waals surface area contributed by atoms with Crippen LogP contribution in [0.25, 0.3) is 10.9 Å². The van der Waals surface area contributed by atoms with Gasteiger partial charge in [0.05, 0.1) is 0 Å². The average molecular weight is 551 g/mol. The summed E-state index contributed by atoms with van der Waals surface area (Å²) in [5.74, 6) is 0.450. The van der Waals surface area contributed by atoms with Crippen LogP contribution in [-0.2, 0) is 29.0 Å². The molecule has 0 spiro atoms. The standard InChI is InChI=1S/C35H42N4O2/c1-25(2)28-15-12-27(13-16-28)23-36-30-18-20-39(21-19-30)35(41)33(22-29-24-37-32-11-7-6-10-31(29)32)38-34(40)17-14-26-8-4-3-5-9-26/h3-13,15-16,24-25,30,33,36-37H,14,17-23H2,1-2H3,(H,38,40). The van der Waals surface area contributed by atoms with Crippen LogP contribution in [0.5, 0.6) is 0 Å². The van der Waals surface area contributed by atoms with E-state index in [1.807, 2.05) is 59.6 Å². The number of aromatic amines is 1. The summed E-state index contributed by atoms with van der Waals surface area (Å²) >= 11 is 0. The van der Waals surface area contributed by atoms with E-state index >= 15 is 0 Å². The minimum Gasteiger partial charge on any atom is -0.361 e. The highest BCUT2D eigenvalue weighted by atomic mass is 16.2. The van der Waals surface area contributed by atoms with Gasteiger partial charge in [-0.1, -0.05) is 86.6 Å². The lowest BCUT2D eigenvalue weighted by molar-refractivity contribution is -0.137. The fourth-order valence-corrected chi connectivity index (χ4v) is 5.70. The van der Waals surface area contributed by atoms with Crippen LogP contribution < -0.4 is 10.6 Å².